The van der Waals surface area contributed by atoms with E-state index in [4.69, 9.17) is 9.84 Å². The van der Waals surface area contributed by atoms with Gasteiger partial charge in [-0.3, -0.25) is 0 Å². The van der Waals surface area contributed by atoms with Crippen molar-refractivity contribution in [3.05, 3.63) is 23.3 Å². The molecule has 0 aliphatic rings. The zero-order valence-corrected chi connectivity index (χ0v) is 11.0. The molecule has 7 heteroatoms. The standard InChI is InChI=1S/C12H16F2N2O3/c1-4-12(3,19-5-2)11-15-6-7(10(17)18)8(16-11)9(13)14/h6,9H,4-5H2,1-3H3,(H,17,18). The van der Waals surface area contributed by atoms with Crippen LogP contribution in [0.15, 0.2) is 6.20 Å². The quantitative estimate of drug-likeness (QED) is 0.863. The van der Waals surface area contributed by atoms with Crippen LogP contribution in [0.4, 0.5) is 8.78 Å². The molecule has 106 valence electrons. The first kappa shape index (κ1) is 15.4. The first-order valence-corrected chi connectivity index (χ1v) is 5.88. The number of halogens is 2. The molecule has 0 saturated carbocycles. The van der Waals surface area contributed by atoms with Gasteiger partial charge in [-0.05, 0) is 20.3 Å². The van der Waals surface area contributed by atoms with Crippen LogP contribution in [0.2, 0.25) is 0 Å². The van der Waals surface area contributed by atoms with Crippen LogP contribution in [0, 0.1) is 0 Å². The molecule has 19 heavy (non-hydrogen) atoms. The van der Waals surface area contributed by atoms with Crippen LogP contribution in [0.1, 0.15) is 55.5 Å². The van der Waals surface area contributed by atoms with E-state index < -0.39 is 29.3 Å². The number of nitrogens with zero attached hydrogens (tertiary/aromatic N) is 2. The van der Waals surface area contributed by atoms with Crippen molar-refractivity contribution in [2.75, 3.05) is 6.61 Å². The monoisotopic (exact) mass is 274 g/mol. The molecule has 1 aromatic heterocycles. The number of hydrogen-bond acceptors (Lipinski definition) is 4. The molecular weight excluding hydrogens is 258 g/mol. The van der Waals surface area contributed by atoms with Crippen LogP contribution in [0.5, 0.6) is 0 Å². The van der Waals surface area contributed by atoms with E-state index in [1.165, 1.54) is 0 Å². The third kappa shape index (κ3) is 3.23. The lowest BCUT2D eigenvalue weighted by Crippen LogP contribution is -2.29. The van der Waals surface area contributed by atoms with Crippen molar-refractivity contribution in [3.63, 3.8) is 0 Å². The maximum Gasteiger partial charge on any atom is 0.339 e. The minimum Gasteiger partial charge on any atom is -0.478 e. The first-order chi connectivity index (χ1) is 8.85. The normalized spacial score (nSPS) is 14.4. The molecule has 0 bridgehead atoms. The van der Waals surface area contributed by atoms with Gasteiger partial charge < -0.3 is 9.84 Å². The highest BCUT2D eigenvalue weighted by molar-refractivity contribution is 5.88. The number of hydrogen-bond donors (Lipinski definition) is 1. The number of aromatic nitrogens is 2. The molecule has 0 amide bonds. The fourth-order valence-electron chi connectivity index (χ4n) is 1.62. The number of ether oxygens (including phenoxy) is 1. The third-order valence-electron chi connectivity index (χ3n) is 2.87. The van der Waals surface area contributed by atoms with E-state index in [-0.39, 0.29) is 5.82 Å². The zero-order valence-electron chi connectivity index (χ0n) is 11.0. The van der Waals surface area contributed by atoms with Crippen LogP contribution in [0.25, 0.3) is 0 Å². The predicted molar refractivity (Wildman–Crippen MR) is 63.2 cm³/mol. The SMILES string of the molecule is CCOC(C)(CC)c1ncc(C(=O)O)c(C(F)F)n1. The van der Waals surface area contributed by atoms with Gasteiger partial charge in [0, 0.05) is 12.8 Å². The van der Waals surface area contributed by atoms with E-state index in [0.717, 1.165) is 6.20 Å². The Balaban J connectivity index is 3.32. The molecule has 0 spiro atoms. The van der Waals surface area contributed by atoms with Crippen molar-refractivity contribution in [2.45, 2.75) is 39.2 Å². The highest BCUT2D eigenvalue weighted by atomic mass is 19.3. The summed E-state index contributed by atoms with van der Waals surface area (Å²) in [4.78, 5) is 18.4. The largest absolute Gasteiger partial charge is 0.478 e. The van der Waals surface area contributed by atoms with Gasteiger partial charge >= 0.3 is 5.97 Å². The molecule has 1 rings (SSSR count). The maximum absolute atomic E-state index is 12.9. The molecule has 1 unspecified atom stereocenters. The number of carbonyl (C=O) groups is 1. The Morgan fingerprint density at radius 3 is 2.58 bits per heavy atom. The summed E-state index contributed by atoms with van der Waals surface area (Å²) in [6.07, 6.45) is -1.59. The van der Waals surface area contributed by atoms with Gasteiger partial charge in [-0.15, -0.1) is 0 Å². The molecule has 1 atom stereocenters. The predicted octanol–water partition coefficient (Wildman–Crippen LogP) is 2.77. The fourth-order valence-corrected chi connectivity index (χ4v) is 1.62. The summed E-state index contributed by atoms with van der Waals surface area (Å²) in [7, 11) is 0. The van der Waals surface area contributed by atoms with E-state index in [1.807, 2.05) is 6.92 Å². The molecule has 1 aromatic rings. The van der Waals surface area contributed by atoms with E-state index in [1.54, 1.807) is 13.8 Å². The Bertz CT molecular complexity index is 468. The van der Waals surface area contributed by atoms with E-state index in [9.17, 15) is 13.6 Å². The average molecular weight is 274 g/mol. The minimum absolute atomic E-state index is 0.0668. The van der Waals surface area contributed by atoms with Crippen molar-refractivity contribution in [1.82, 2.24) is 9.97 Å². The lowest BCUT2D eigenvalue weighted by molar-refractivity contribution is -0.0396. The van der Waals surface area contributed by atoms with E-state index in [0.29, 0.717) is 13.0 Å². The van der Waals surface area contributed by atoms with Gasteiger partial charge in [0.2, 0.25) is 0 Å². The summed E-state index contributed by atoms with van der Waals surface area (Å²) in [5.74, 6) is -1.41. The minimum atomic E-state index is -2.98. The molecule has 0 aliphatic heterocycles. The van der Waals surface area contributed by atoms with Crippen molar-refractivity contribution in [3.8, 4) is 0 Å². The number of alkyl halides is 2. The molecule has 1 N–H and O–H groups in total. The molecule has 5 nitrogen and oxygen atoms in total. The summed E-state index contributed by atoms with van der Waals surface area (Å²) in [6, 6.07) is 0. The van der Waals surface area contributed by atoms with Crippen molar-refractivity contribution in [1.29, 1.82) is 0 Å². The van der Waals surface area contributed by atoms with Gasteiger partial charge in [0.1, 0.15) is 16.9 Å². The highest BCUT2D eigenvalue weighted by Gasteiger charge is 2.31. The summed E-state index contributed by atoms with van der Waals surface area (Å²) in [5, 5.41) is 8.82. The van der Waals surface area contributed by atoms with E-state index in [2.05, 4.69) is 9.97 Å². The topological polar surface area (TPSA) is 72.3 Å². The number of carboxylic acid groups (broad SMARTS) is 1. The molecule has 0 fully saturated rings. The summed E-state index contributed by atoms with van der Waals surface area (Å²) in [6.45, 7) is 5.64. The fraction of sp³-hybridized carbons (Fsp3) is 0.583. The smallest absolute Gasteiger partial charge is 0.339 e. The van der Waals surface area contributed by atoms with Gasteiger partial charge in [0.05, 0.1) is 0 Å². The third-order valence-corrected chi connectivity index (χ3v) is 2.87. The Kier molecular flexibility index (Phi) is 4.88. The van der Waals surface area contributed by atoms with Gasteiger partial charge in [-0.1, -0.05) is 6.92 Å². The summed E-state index contributed by atoms with van der Waals surface area (Å²) < 4.78 is 31.2. The maximum atomic E-state index is 12.9. The summed E-state index contributed by atoms with van der Waals surface area (Å²) >= 11 is 0. The second kappa shape index (κ2) is 6.01. The molecule has 0 radical (unpaired) electrons. The van der Waals surface area contributed by atoms with Crippen LogP contribution in [-0.2, 0) is 10.3 Å². The Morgan fingerprint density at radius 2 is 2.16 bits per heavy atom. The zero-order chi connectivity index (χ0) is 14.6. The lowest BCUT2D eigenvalue weighted by atomic mass is 10.0. The molecule has 0 aliphatic carbocycles. The molecular formula is C12H16F2N2O3. The number of carboxylic acids is 1. The second-order valence-electron chi connectivity index (χ2n) is 4.12. The van der Waals surface area contributed by atoms with Crippen LogP contribution < -0.4 is 0 Å². The molecule has 0 saturated heterocycles. The highest BCUT2D eigenvalue weighted by Crippen LogP contribution is 2.28. The second-order valence-corrected chi connectivity index (χ2v) is 4.12. The number of aromatic carboxylic acids is 1. The average Bonchev–Trinajstić information content (AvgIpc) is 2.37. The summed E-state index contributed by atoms with van der Waals surface area (Å²) in [5.41, 5.74) is -2.28. The Hall–Kier alpha value is -1.63. The Labute approximate surface area is 109 Å². The van der Waals surface area contributed by atoms with Gasteiger partial charge in [-0.25, -0.2) is 23.5 Å². The van der Waals surface area contributed by atoms with Crippen LogP contribution in [-0.4, -0.2) is 27.7 Å². The van der Waals surface area contributed by atoms with Crippen molar-refractivity contribution < 1.29 is 23.4 Å². The van der Waals surface area contributed by atoms with Crippen LogP contribution >= 0.6 is 0 Å². The first-order valence-electron chi connectivity index (χ1n) is 5.88. The lowest BCUT2D eigenvalue weighted by Gasteiger charge is -2.26. The Morgan fingerprint density at radius 1 is 1.53 bits per heavy atom. The molecule has 1 heterocycles. The van der Waals surface area contributed by atoms with E-state index >= 15 is 0 Å². The molecule has 0 aromatic carbocycles. The van der Waals surface area contributed by atoms with Gasteiger partial charge in [-0.2, -0.15) is 0 Å². The van der Waals surface area contributed by atoms with Gasteiger partial charge in [0.15, 0.2) is 5.82 Å². The van der Waals surface area contributed by atoms with Crippen LogP contribution in [0.3, 0.4) is 0 Å². The van der Waals surface area contributed by atoms with Crippen molar-refractivity contribution >= 4 is 5.97 Å². The van der Waals surface area contributed by atoms with Gasteiger partial charge in [0.25, 0.3) is 6.43 Å². The van der Waals surface area contributed by atoms with Crippen molar-refractivity contribution in [2.24, 2.45) is 0 Å². The number of rotatable bonds is 6.